The summed E-state index contributed by atoms with van der Waals surface area (Å²) in [7, 11) is 10.4. The predicted octanol–water partition coefficient (Wildman–Crippen LogP) is 2.35. The van der Waals surface area contributed by atoms with Gasteiger partial charge >= 0.3 is 17.6 Å². The van der Waals surface area contributed by atoms with Crippen LogP contribution in [0.1, 0.15) is 44.9 Å². The Morgan fingerprint density at radius 3 is 1.04 bits per heavy atom. The van der Waals surface area contributed by atoms with E-state index in [1.807, 2.05) is 0 Å². The van der Waals surface area contributed by atoms with Crippen molar-refractivity contribution in [2.24, 2.45) is 0 Å². The Bertz CT molecular complexity index is 641. The van der Waals surface area contributed by atoms with Gasteiger partial charge in [0.1, 0.15) is 0 Å². The Balaban J connectivity index is 5.07. The minimum atomic E-state index is -2.59. The fourth-order valence-electron chi connectivity index (χ4n) is 5.65. The van der Waals surface area contributed by atoms with Crippen LogP contribution in [0.15, 0.2) is 0 Å². The third-order valence-electron chi connectivity index (χ3n) is 8.80. The molecule has 0 saturated heterocycles. The second kappa shape index (κ2) is 32.9. The second-order valence-electron chi connectivity index (χ2n) is 11.9. The van der Waals surface area contributed by atoms with E-state index in [0.717, 1.165) is 108 Å². The van der Waals surface area contributed by atoms with Gasteiger partial charge in [0.05, 0.1) is 0 Å². The number of nitrogens with zero attached hydrogens (tertiary/aromatic N) is 2. The van der Waals surface area contributed by atoms with Gasteiger partial charge in [-0.15, -0.1) is 0 Å². The molecule has 0 spiro atoms. The fourth-order valence-corrected chi connectivity index (χ4v) is 11.1. The van der Waals surface area contributed by atoms with E-state index in [1.165, 1.54) is 0 Å². The van der Waals surface area contributed by atoms with E-state index >= 15 is 0 Å². The van der Waals surface area contributed by atoms with Gasteiger partial charge in [-0.2, -0.15) is 0 Å². The zero-order chi connectivity index (χ0) is 36.6. The number of methoxy groups -OCH3 is 4. The second-order valence-corrected chi connectivity index (χ2v) is 21.1. The van der Waals surface area contributed by atoms with E-state index in [2.05, 4.69) is 9.80 Å². The summed E-state index contributed by atoms with van der Waals surface area (Å²) in [5.74, 6) is 0. The maximum Gasteiger partial charge on any atom is 0.500 e. The Kier molecular flexibility index (Phi) is 33.1. The first-order chi connectivity index (χ1) is 23.8. The molecule has 0 aliphatic rings. The van der Waals surface area contributed by atoms with Gasteiger partial charge < -0.3 is 64.2 Å². The van der Waals surface area contributed by atoms with Crippen molar-refractivity contribution in [3.63, 3.8) is 0 Å². The first-order valence-electron chi connectivity index (χ1n) is 17.8. The molecular weight excluding hydrogens is 705 g/mol. The molecule has 0 N–H and O–H groups in total. The molecule has 0 radical (unpaired) electrons. The van der Waals surface area contributed by atoms with Crippen LogP contribution < -0.4 is 0 Å². The summed E-state index contributed by atoms with van der Waals surface area (Å²) < 4.78 is 67.0. The Morgan fingerprint density at radius 2 is 0.735 bits per heavy atom. The zero-order valence-electron chi connectivity index (χ0n) is 32.8. The summed E-state index contributed by atoms with van der Waals surface area (Å²) in [5.41, 5.74) is 0. The number of hydrogen-bond donors (Lipinski definition) is 0. The number of rotatable bonds is 38. The molecule has 0 rings (SSSR count). The molecule has 0 fully saturated rings. The van der Waals surface area contributed by atoms with E-state index in [9.17, 15) is 0 Å². The maximum absolute atomic E-state index is 5.97. The third-order valence-corrected chi connectivity index (χ3v) is 17.2. The van der Waals surface area contributed by atoms with Gasteiger partial charge in [-0.3, -0.25) is 0 Å². The topological polar surface area (TPSA) is 117 Å². The summed E-state index contributed by atoms with van der Waals surface area (Å²) in [6.45, 7) is 7.52. The first kappa shape index (κ1) is 49.3. The number of hydrogen-bond acceptors (Lipinski definition) is 14. The van der Waals surface area contributed by atoms with Crippen LogP contribution in [0.5, 0.6) is 0 Å². The standard InChI is InChI=1S/C31H74N2O12Si4/c1-34-30(35-2)16-24-44-46-26-12-20-32(22-14-28-48(38-5,39-6)40-7)18-11-19-33(23-15-29-49(41-8,42-9)43-10)21-13-27-47-45-25-17-31(36-3)37-4/h30-31H,11-29,46-47H2,1-10H3. The van der Waals surface area contributed by atoms with Crippen molar-refractivity contribution in [2.45, 2.75) is 81.7 Å². The van der Waals surface area contributed by atoms with Gasteiger partial charge in [-0.05, 0) is 83.5 Å². The van der Waals surface area contributed by atoms with E-state index in [-0.39, 0.29) is 12.6 Å². The summed E-state index contributed by atoms with van der Waals surface area (Å²) in [6, 6.07) is 3.89. The lowest BCUT2D eigenvalue weighted by Gasteiger charge is -2.29. The Hall–Kier alpha value is 0.308. The molecule has 296 valence electrons. The molecule has 0 unspecified atom stereocenters. The van der Waals surface area contributed by atoms with Crippen LogP contribution in [0.2, 0.25) is 24.2 Å². The quantitative estimate of drug-likeness (QED) is 0.0519. The Labute approximate surface area is 305 Å². The molecule has 0 aromatic carbocycles. The monoisotopic (exact) mass is 778 g/mol. The van der Waals surface area contributed by atoms with Crippen molar-refractivity contribution in [2.75, 3.05) is 124 Å². The number of ether oxygens (including phenoxy) is 4. The van der Waals surface area contributed by atoms with Crippen LogP contribution in [-0.2, 0) is 54.4 Å². The van der Waals surface area contributed by atoms with E-state index < -0.39 is 37.1 Å². The zero-order valence-corrected chi connectivity index (χ0v) is 37.6. The van der Waals surface area contributed by atoms with Crippen LogP contribution in [-0.4, -0.2) is 183 Å². The summed E-state index contributed by atoms with van der Waals surface area (Å²) in [4.78, 5) is 5.18. The van der Waals surface area contributed by atoms with Crippen LogP contribution in [0.3, 0.4) is 0 Å². The van der Waals surface area contributed by atoms with Gasteiger partial charge in [0, 0.05) is 109 Å². The van der Waals surface area contributed by atoms with Gasteiger partial charge in [0.2, 0.25) is 0 Å². The largest absolute Gasteiger partial charge is 0.500 e. The van der Waals surface area contributed by atoms with Crippen molar-refractivity contribution >= 4 is 37.1 Å². The van der Waals surface area contributed by atoms with E-state index in [0.29, 0.717) is 13.2 Å². The molecule has 49 heavy (non-hydrogen) atoms. The molecular formula is C31H74N2O12Si4. The summed E-state index contributed by atoms with van der Waals surface area (Å²) in [6.07, 6.45) is 6.42. The fraction of sp³-hybridized carbons (Fsp3) is 1.00. The van der Waals surface area contributed by atoms with Crippen LogP contribution in [0, 0.1) is 0 Å². The highest BCUT2D eigenvalue weighted by molar-refractivity contribution is 6.60. The lowest BCUT2D eigenvalue weighted by molar-refractivity contribution is -0.110. The average Bonchev–Trinajstić information content (AvgIpc) is 3.14. The smallest absolute Gasteiger partial charge is 0.424 e. The Morgan fingerprint density at radius 1 is 0.429 bits per heavy atom. The lowest BCUT2D eigenvalue weighted by atomic mass is 10.2. The minimum Gasteiger partial charge on any atom is -0.424 e. The molecule has 0 atom stereocenters. The van der Waals surface area contributed by atoms with Gasteiger partial charge in [0.25, 0.3) is 0 Å². The molecule has 0 heterocycles. The van der Waals surface area contributed by atoms with Crippen molar-refractivity contribution < 1.29 is 54.4 Å². The SMILES string of the molecule is COC(CCO[SiH2]CCCN(CCCN(CCC[SiH2]OCCC(OC)OC)CCC[Si](OC)(OC)OC)CCC[Si](OC)(OC)OC)OC. The van der Waals surface area contributed by atoms with Crippen molar-refractivity contribution in [3.8, 4) is 0 Å². The highest BCUT2D eigenvalue weighted by Gasteiger charge is 2.38. The van der Waals surface area contributed by atoms with Crippen molar-refractivity contribution in [3.05, 3.63) is 0 Å². The van der Waals surface area contributed by atoms with E-state index in [4.69, 9.17) is 54.4 Å². The van der Waals surface area contributed by atoms with Crippen molar-refractivity contribution in [1.29, 1.82) is 0 Å². The predicted molar refractivity (Wildman–Crippen MR) is 203 cm³/mol. The molecule has 0 saturated carbocycles. The average molecular weight is 779 g/mol. The van der Waals surface area contributed by atoms with E-state index in [1.54, 1.807) is 71.1 Å². The van der Waals surface area contributed by atoms with Crippen LogP contribution in [0.4, 0.5) is 0 Å². The van der Waals surface area contributed by atoms with Crippen molar-refractivity contribution in [1.82, 2.24) is 9.80 Å². The highest BCUT2D eigenvalue weighted by atomic mass is 28.4. The molecule has 14 nitrogen and oxygen atoms in total. The third kappa shape index (κ3) is 23.6. The molecule has 0 aliphatic heterocycles. The normalized spacial score (nSPS) is 13.3. The molecule has 0 bridgehead atoms. The summed E-state index contributed by atoms with van der Waals surface area (Å²) >= 11 is 0. The molecule has 0 aromatic heterocycles. The van der Waals surface area contributed by atoms with Gasteiger partial charge in [0.15, 0.2) is 32.1 Å². The molecule has 18 heteroatoms. The summed E-state index contributed by atoms with van der Waals surface area (Å²) in [5, 5.41) is 0. The lowest BCUT2D eigenvalue weighted by Crippen LogP contribution is -2.43. The maximum atomic E-state index is 5.97. The minimum absolute atomic E-state index is 0.193. The highest BCUT2D eigenvalue weighted by Crippen LogP contribution is 2.17. The first-order valence-corrected chi connectivity index (χ1v) is 24.8. The van der Waals surface area contributed by atoms with Crippen LogP contribution in [0.25, 0.3) is 0 Å². The molecule has 0 aromatic rings. The van der Waals surface area contributed by atoms with Gasteiger partial charge in [-0.25, -0.2) is 0 Å². The van der Waals surface area contributed by atoms with Crippen LogP contribution >= 0.6 is 0 Å². The molecule has 0 amide bonds. The van der Waals surface area contributed by atoms with Gasteiger partial charge in [-0.1, -0.05) is 0 Å². The molecule has 0 aliphatic carbocycles.